The number of amides is 2. The monoisotopic (exact) mass is 496 g/mol. The molecule has 0 saturated carbocycles. The van der Waals surface area contributed by atoms with Crippen LogP contribution in [-0.2, 0) is 9.53 Å². The summed E-state index contributed by atoms with van der Waals surface area (Å²) in [6, 6.07) is 3.74. The number of piperazine rings is 1. The van der Waals surface area contributed by atoms with Crippen LogP contribution in [0, 0.1) is 0 Å². The van der Waals surface area contributed by atoms with E-state index in [1.54, 1.807) is 16.0 Å². The van der Waals surface area contributed by atoms with E-state index in [9.17, 15) is 9.59 Å². The average Bonchev–Trinajstić information content (AvgIpc) is 2.68. The fourth-order valence-corrected chi connectivity index (χ4v) is 3.94. The molecule has 1 aromatic carbocycles. The second-order valence-electron chi connectivity index (χ2n) is 8.12. The lowest BCUT2D eigenvalue weighted by molar-refractivity contribution is -0.107. The predicted molar refractivity (Wildman–Crippen MR) is 124 cm³/mol. The van der Waals surface area contributed by atoms with Gasteiger partial charge in [0.15, 0.2) is 0 Å². The van der Waals surface area contributed by atoms with Gasteiger partial charge in [-0.25, -0.2) is 4.79 Å². The summed E-state index contributed by atoms with van der Waals surface area (Å²) in [5.74, 6) is 0. The molecule has 0 N–H and O–H groups in total. The lowest BCUT2D eigenvalue weighted by Crippen LogP contribution is -2.50. The van der Waals surface area contributed by atoms with Crippen LogP contribution in [0.4, 0.5) is 16.2 Å². The number of pyridine rings is 1. The fourth-order valence-electron chi connectivity index (χ4n) is 3.45. The summed E-state index contributed by atoms with van der Waals surface area (Å²) in [5.41, 5.74) is 1.87. The lowest BCUT2D eigenvalue weighted by atomic mass is 10.1. The molecule has 0 radical (unpaired) electrons. The Bertz CT molecular complexity index is 955. The van der Waals surface area contributed by atoms with Crippen LogP contribution in [0.1, 0.15) is 27.7 Å². The van der Waals surface area contributed by atoms with E-state index < -0.39 is 5.60 Å². The summed E-state index contributed by atoms with van der Waals surface area (Å²) in [5, 5.41) is 1.44. The molecule has 0 spiro atoms. The highest BCUT2D eigenvalue weighted by Crippen LogP contribution is 2.39. The summed E-state index contributed by atoms with van der Waals surface area (Å²) < 4.78 is 6.26. The number of aromatic nitrogens is 1. The minimum Gasteiger partial charge on any atom is -0.444 e. The van der Waals surface area contributed by atoms with Crippen LogP contribution in [0.15, 0.2) is 22.8 Å². The number of rotatable bonds is 4. The van der Waals surface area contributed by atoms with Gasteiger partial charge in [-0.1, -0.05) is 11.6 Å². The van der Waals surface area contributed by atoms with Crippen LogP contribution in [-0.4, -0.2) is 60.7 Å². The highest BCUT2D eigenvalue weighted by Gasteiger charge is 2.28. The maximum absolute atomic E-state index is 12.4. The van der Waals surface area contributed by atoms with Gasteiger partial charge in [-0.05, 0) is 55.8 Å². The summed E-state index contributed by atoms with van der Waals surface area (Å²) in [4.78, 5) is 34.1. The van der Waals surface area contributed by atoms with Crippen LogP contribution < -0.4 is 9.80 Å². The van der Waals surface area contributed by atoms with E-state index in [1.807, 2.05) is 39.8 Å². The third kappa shape index (κ3) is 4.81. The van der Waals surface area contributed by atoms with Crippen molar-refractivity contribution in [3.8, 4) is 0 Å². The van der Waals surface area contributed by atoms with Gasteiger partial charge in [0, 0.05) is 42.6 Å². The third-order valence-electron chi connectivity index (χ3n) is 4.89. The Kier molecular flexibility index (Phi) is 6.77. The SMILES string of the molecule is CCN(C=O)c1cnc2cc(Br)c(Cl)cc2c1N1CCN(C(=O)OC(C)(C)C)CC1. The molecule has 30 heavy (non-hydrogen) atoms. The molecule has 0 unspecified atom stereocenters. The van der Waals surface area contributed by atoms with E-state index in [1.165, 1.54) is 0 Å². The first-order chi connectivity index (χ1) is 14.1. The van der Waals surface area contributed by atoms with E-state index in [2.05, 4.69) is 25.8 Å². The van der Waals surface area contributed by atoms with Crippen molar-refractivity contribution in [3.05, 3.63) is 27.8 Å². The van der Waals surface area contributed by atoms with Crippen LogP contribution in [0.2, 0.25) is 5.02 Å². The number of fused-ring (bicyclic) bond motifs is 1. The molecule has 2 amide bonds. The van der Waals surface area contributed by atoms with Gasteiger partial charge in [0.2, 0.25) is 6.41 Å². The summed E-state index contributed by atoms with van der Waals surface area (Å²) in [7, 11) is 0. The summed E-state index contributed by atoms with van der Waals surface area (Å²) in [6.45, 7) is 10.3. The number of carbonyl (C=O) groups excluding carboxylic acids is 2. The standard InChI is InChI=1S/C21H26BrClN4O3/c1-5-25(13-28)18-12-24-17-11-15(22)16(23)10-14(17)19(18)26-6-8-27(9-7-26)20(29)30-21(2,3)4/h10-13H,5-9H2,1-4H3. The van der Waals surface area contributed by atoms with Gasteiger partial charge >= 0.3 is 6.09 Å². The highest BCUT2D eigenvalue weighted by molar-refractivity contribution is 9.10. The van der Waals surface area contributed by atoms with Crippen molar-refractivity contribution >= 4 is 62.3 Å². The maximum atomic E-state index is 12.4. The van der Waals surface area contributed by atoms with Crippen molar-refractivity contribution in [2.75, 3.05) is 42.5 Å². The van der Waals surface area contributed by atoms with Gasteiger partial charge < -0.3 is 19.4 Å². The molecule has 2 heterocycles. The summed E-state index contributed by atoms with van der Waals surface area (Å²) in [6.07, 6.45) is 2.22. The molecular formula is C21H26BrClN4O3. The zero-order chi connectivity index (χ0) is 22.1. The Morgan fingerprint density at radius 3 is 2.53 bits per heavy atom. The Hall–Kier alpha value is -2.06. The largest absolute Gasteiger partial charge is 0.444 e. The lowest BCUT2D eigenvalue weighted by Gasteiger charge is -2.38. The molecule has 0 bridgehead atoms. The topological polar surface area (TPSA) is 66.0 Å². The van der Waals surface area contributed by atoms with Gasteiger partial charge in [-0.3, -0.25) is 9.78 Å². The highest BCUT2D eigenvalue weighted by atomic mass is 79.9. The minimum atomic E-state index is -0.529. The van der Waals surface area contributed by atoms with Gasteiger partial charge in [-0.2, -0.15) is 0 Å². The van der Waals surface area contributed by atoms with Crippen molar-refractivity contribution in [2.45, 2.75) is 33.3 Å². The molecule has 1 aliphatic rings. The Morgan fingerprint density at radius 2 is 1.97 bits per heavy atom. The van der Waals surface area contributed by atoms with Crippen LogP contribution in [0.5, 0.6) is 0 Å². The molecule has 162 valence electrons. The zero-order valence-electron chi connectivity index (χ0n) is 17.6. The van der Waals surface area contributed by atoms with Crippen LogP contribution in [0.25, 0.3) is 10.9 Å². The zero-order valence-corrected chi connectivity index (χ0v) is 20.0. The first-order valence-electron chi connectivity index (χ1n) is 9.87. The number of carbonyl (C=O) groups is 2. The van der Waals surface area contributed by atoms with Gasteiger partial charge in [-0.15, -0.1) is 0 Å². The molecule has 2 aromatic rings. The van der Waals surface area contributed by atoms with Crippen molar-refractivity contribution < 1.29 is 14.3 Å². The molecule has 1 saturated heterocycles. The van der Waals surface area contributed by atoms with Gasteiger partial charge in [0.05, 0.1) is 28.1 Å². The number of benzene rings is 1. The maximum Gasteiger partial charge on any atom is 0.410 e. The molecule has 9 heteroatoms. The molecule has 1 fully saturated rings. The van der Waals surface area contributed by atoms with E-state index >= 15 is 0 Å². The number of halogens is 2. The molecular weight excluding hydrogens is 472 g/mol. The van der Waals surface area contributed by atoms with Crippen LogP contribution in [0.3, 0.4) is 0 Å². The molecule has 1 aliphatic heterocycles. The number of ether oxygens (including phenoxy) is 1. The number of hydrogen-bond donors (Lipinski definition) is 0. The third-order valence-corrected chi connectivity index (χ3v) is 6.08. The quantitative estimate of drug-likeness (QED) is 0.573. The Morgan fingerprint density at radius 1 is 1.30 bits per heavy atom. The van der Waals surface area contributed by atoms with Gasteiger partial charge in [0.25, 0.3) is 0 Å². The number of nitrogens with zero attached hydrogens (tertiary/aromatic N) is 4. The second-order valence-corrected chi connectivity index (χ2v) is 9.38. The van der Waals surface area contributed by atoms with Crippen LogP contribution >= 0.6 is 27.5 Å². The minimum absolute atomic E-state index is 0.308. The van der Waals surface area contributed by atoms with Crippen molar-refractivity contribution in [1.29, 1.82) is 0 Å². The normalized spacial score (nSPS) is 14.7. The van der Waals surface area contributed by atoms with E-state index in [0.717, 1.165) is 33.2 Å². The van der Waals surface area contributed by atoms with Crippen molar-refractivity contribution in [1.82, 2.24) is 9.88 Å². The molecule has 1 aromatic heterocycles. The Balaban J connectivity index is 1.96. The van der Waals surface area contributed by atoms with Crippen molar-refractivity contribution in [3.63, 3.8) is 0 Å². The van der Waals surface area contributed by atoms with E-state index in [4.69, 9.17) is 16.3 Å². The molecule has 3 rings (SSSR count). The first-order valence-corrected chi connectivity index (χ1v) is 11.0. The molecule has 0 aliphatic carbocycles. The van der Waals surface area contributed by atoms with Gasteiger partial charge in [0.1, 0.15) is 5.60 Å². The second kappa shape index (κ2) is 8.98. The fraction of sp³-hybridized carbons (Fsp3) is 0.476. The number of anilines is 2. The molecule has 7 nitrogen and oxygen atoms in total. The number of hydrogen-bond acceptors (Lipinski definition) is 5. The van der Waals surface area contributed by atoms with E-state index in [-0.39, 0.29) is 6.09 Å². The molecule has 0 atom stereocenters. The summed E-state index contributed by atoms with van der Waals surface area (Å²) >= 11 is 9.83. The first kappa shape index (κ1) is 22.6. The smallest absolute Gasteiger partial charge is 0.410 e. The predicted octanol–water partition coefficient (Wildman–Crippen LogP) is 4.69. The Labute approximate surface area is 190 Å². The van der Waals surface area contributed by atoms with Crippen molar-refractivity contribution in [2.24, 2.45) is 0 Å². The average molecular weight is 498 g/mol. The van der Waals surface area contributed by atoms with E-state index in [0.29, 0.717) is 37.7 Å².